The number of para-hydroxylation sites is 2. The zero-order valence-corrected chi connectivity index (χ0v) is 15.7. The molecule has 0 aliphatic carbocycles. The van der Waals surface area contributed by atoms with Crippen LogP contribution in [0.2, 0.25) is 0 Å². The van der Waals surface area contributed by atoms with Crippen LogP contribution in [0.5, 0.6) is 5.75 Å². The molecule has 136 valence electrons. The van der Waals surface area contributed by atoms with Crippen LogP contribution in [0.15, 0.2) is 28.6 Å². The number of aliphatic hydroxyl groups is 1. The van der Waals surface area contributed by atoms with Crippen LogP contribution < -0.4 is 10.1 Å². The number of nitrogens with zero attached hydrogens (tertiary/aromatic N) is 3. The maximum absolute atomic E-state index is 10.2. The summed E-state index contributed by atoms with van der Waals surface area (Å²) in [6.45, 7) is 3.92. The van der Waals surface area contributed by atoms with Crippen molar-refractivity contribution in [3.63, 3.8) is 0 Å². The molecule has 1 aliphatic rings. The summed E-state index contributed by atoms with van der Waals surface area (Å²) >= 11 is 2.99. The molecule has 3 rings (SSSR count). The molecule has 1 atom stereocenters. The number of morpholine rings is 1. The Morgan fingerprint density at radius 2 is 2.16 bits per heavy atom. The molecule has 2 heterocycles. The molecule has 0 bridgehead atoms. The van der Waals surface area contributed by atoms with E-state index in [9.17, 15) is 5.11 Å². The quantitative estimate of drug-likeness (QED) is 0.672. The van der Waals surface area contributed by atoms with Crippen molar-refractivity contribution in [1.29, 1.82) is 0 Å². The van der Waals surface area contributed by atoms with E-state index in [2.05, 4.69) is 20.4 Å². The minimum Gasteiger partial charge on any atom is -0.495 e. The first kappa shape index (κ1) is 18.4. The Kier molecular flexibility index (Phi) is 6.88. The molecule has 0 saturated carbocycles. The van der Waals surface area contributed by atoms with E-state index in [1.165, 1.54) is 23.1 Å². The molecule has 1 aromatic carbocycles. The third-order valence-corrected chi connectivity index (χ3v) is 5.84. The third-order valence-electron chi connectivity index (χ3n) is 3.73. The van der Waals surface area contributed by atoms with Gasteiger partial charge in [-0.2, -0.15) is 0 Å². The second-order valence-electron chi connectivity index (χ2n) is 5.58. The molecule has 0 unspecified atom stereocenters. The molecule has 0 spiro atoms. The van der Waals surface area contributed by atoms with Crippen molar-refractivity contribution in [2.45, 2.75) is 10.4 Å². The van der Waals surface area contributed by atoms with E-state index in [4.69, 9.17) is 9.47 Å². The van der Waals surface area contributed by atoms with E-state index in [0.717, 1.165) is 42.1 Å². The zero-order valence-electron chi connectivity index (χ0n) is 14.1. The lowest BCUT2D eigenvalue weighted by molar-refractivity contribution is 0.0188. The molecular weight excluding hydrogens is 360 g/mol. The van der Waals surface area contributed by atoms with Gasteiger partial charge in [0.05, 0.1) is 32.1 Å². The standard InChI is InChI=1S/C16H22N4O3S2/c1-22-14-5-3-2-4-13(14)17-15-18-19-16(25-15)24-11-12(21)10-20-6-8-23-9-7-20/h2-5,12,21H,6-11H2,1H3,(H,17,18)/t12-/m0/s1. The number of benzene rings is 1. The van der Waals surface area contributed by atoms with E-state index < -0.39 is 6.10 Å². The van der Waals surface area contributed by atoms with Crippen LogP contribution >= 0.6 is 23.1 Å². The maximum Gasteiger partial charge on any atom is 0.210 e. The van der Waals surface area contributed by atoms with Gasteiger partial charge in [0.15, 0.2) is 4.34 Å². The van der Waals surface area contributed by atoms with Crippen LogP contribution in [0.25, 0.3) is 0 Å². The SMILES string of the molecule is COc1ccccc1Nc1nnc(SC[C@@H](O)CN2CCOCC2)s1. The summed E-state index contributed by atoms with van der Waals surface area (Å²) in [6, 6.07) is 7.67. The fraction of sp³-hybridized carbons (Fsp3) is 0.500. The van der Waals surface area contributed by atoms with Gasteiger partial charge in [-0.3, -0.25) is 4.90 Å². The van der Waals surface area contributed by atoms with Crippen molar-refractivity contribution in [3.8, 4) is 5.75 Å². The summed E-state index contributed by atoms with van der Waals surface area (Å²) in [4.78, 5) is 2.23. The van der Waals surface area contributed by atoms with Crippen LogP contribution in [0.3, 0.4) is 0 Å². The lowest BCUT2D eigenvalue weighted by Gasteiger charge is -2.28. The fourth-order valence-electron chi connectivity index (χ4n) is 2.48. The van der Waals surface area contributed by atoms with Gasteiger partial charge in [-0.15, -0.1) is 10.2 Å². The summed E-state index contributed by atoms with van der Waals surface area (Å²) < 4.78 is 11.5. The Balaban J connectivity index is 1.48. The second-order valence-corrected chi connectivity index (χ2v) is 7.82. The minimum atomic E-state index is -0.391. The van der Waals surface area contributed by atoms with Gasteiger partial charge in [-0.1, -0.05) is 35.2 Å². The number of aliphatic hydroxyl groups excluding tert-OH is 1. The Morgan fingerprint density at radius 1 is 1.36 bits per heavy atom. The Hall–Kier alpha value is -1.39. The van der Waals surface area contributed by atoms with Crippen LogP contribution in [-0.4, -0.2) is 72.0 Å². The van der Waals surface area contributed by atoms with Gasteiger partial charge in [0.1, 0.15) is 5.75 Å². The van der Waals surface area contributed by atoms with Crippen molar-refractivity contribution >= 4 is 33.9 Å². The number of aromatic nitrogens is 2. The average molecular weight is 383 g/mol. The molecule has 1 saturated heterocycles. The highest BCUT2D eigenvalue weighted by Crippen LogP contribution is 2.31. The van der Waals surface area contributed by atoms with E-state index in [-0.39, 0.29) is 0 Å². The number of β-amino-alcohol motifs (C(OH)–C–C–N with tert-alkyl or cyclic N) is 1. The van der Waals surface area contributed by atoms with Gasteiger partial charge in [0.25, 0.3) is 0 Å². The largest absolute Gasteiger partial charge is 0.495 e. The Labute approximate surface area is 155 Å². The molecule has 25 heavy (non-hydrogen) atoms. The van der Waals surface area contributed by atoms with E-state index in [1.807, 2.05) is 24.3 Å². The maximum atomic E-state index is 10.2. The van der Waals surface area contributed by atoms with Gasteiger partial charge in [0.2, 0.25) is 5.13 Å². The van der Waals surface area contributed by atoms with Crippen molar-refractivity contribution < 1.29 is 14.6 Å². The van der Waals surface area contributed by atoms with Gasteiger partial charge < -0.3 is 19.9 Å². The van der Waals surface area contributed by atoms with Gasteiger partial charge >= 0.3 is 0 Å². The predicted molar refractivity (Wildman–Crippen MR) is 100 cm³/mol. The highest BCUT2D eigenvalue weighted by molar-refractivity contribution is 8.01. The molecule has 1 aliphatic heterocycles. The number of hydrogen-bond acceptors (Lipinski definition) is 9. The first-order valence-electron chi connectivity index (χ1n) is 8.09. The number of methoxy groups -OCH3 is 1. The zero-order chi connectivity index (χ0) is 17.5. The third kappa shape index (κ3) is 5.55. The van der Waals surface area contributed by atoms with Crippen LogP contribution in [0.4, 0.5) is 10.8 Å². The Morgan fingerprint density at radius 3 is 2.96 bits per heavy atom. The van der Waals surface area contributed by atoms with Crippen LogP contribution in [-0.2, 0) is 4.74 Å². The summed E-state index contributed by atoms with van der Waals surface area (Å²) in [7, 11) is 1.64. The van der Waals surface area contributed by atoms with E-state index in [1.54, 1.807) is 7.11 Å². The second kappa shape index (κ2) is 9.35. The topological polar surface area (TPSA) is 79.7 Å². The molecule has 0 amide bonds. The van der Waals surface area contributed by atoms with Crippen LogP contribution in [0.1, 0.15) is 0 Å². The van der Waals surface area contributed by atoms with Crippen molar-refractivity contribution in [2.75, 3.05) is 51.0 Å². The summed E-state index contributed by atoms with van der Waals surface area (Å²) in [5.41, 5.74) is 0.852. The fourth-order valence-corrected chi connectivity index (χ4v) is 4.19. The molecule has 7 nitrogen and oxygen atoms in total. The Bertz CT molecular complexity index is 664. The predicted octanol–water partition coefficient (Wildman–Crippen LogP) is 2.08. The molecule has 2 aromatic rings. The normalized spacial score (nSPS) is 16.6. The average Bonchev–Trinajstić information content (AvgIpc) is 3.09. The highest BCUT2D eigenvalue weighted by Gasteiger charge is 2.16. The number of rotatable bonds is 8. The summed E-state index contributed by atoms with van der Waals surface area (Å²) in [5.74, 6) is 1.36. The first-order chi connectivity index (χ1) is 12.2. The number of thioether (sulfide) groups is 1. The minimum absolute atomic E-state index is 0.391. The van der Waals surface area contributed by atoms with Crippen molar-refractivity contribution in [1.82, 2.24) is 15.1 Å². The highest BCUT2D eigenvalue weighted by atomic mass is 32.2. The lowest BCUT2D eigenvalue weighted by Crippen LogP contribution is -2.41. The van der Waals surface area contributed by atoms with Gasteiger partial charge in [0, 0.05) is 25.4 Å². The molecular formula is C16H22N4O3S2. The molecule has 9 heteroatoms. The molecule has 0 radical (unpaired) electrons. The molecule has 1 fully saturated rings. The monoisotopic (exact) mass is 382 g/mol. The summed E-state index contributed by atoms with van der Waals surface area (Å²) in [6.07, 6.45) is -0.391. The van der Waals surface area contributed by atoms with E-state index >= 15 is 0 Å². The number of ether oxygens (including phenoxy) is 2. The van der Waals surface area contributed by atoms with Gasteiger partial charge in [-0.05, 0) is 12.1 Å². The summed E-state index contributed by atoms with van der Waals surface area (Å²) in [5, 5.41) is 22.4. The number of hydrogen-bond donors (Lipinski definition) is 2. The van der Waals surface area contributed by atoms with E-state index in [0.29, 0.717) is 17.4 Å². The first-order valence-corrected chi connectivity index (χ1v) is 9.89. The van der Waals surface area contributed by atoms with Gasteiger partial charge in [-0.25, -0.2) is 0 Å². The molecule has 1 aromatic heterocycles. The van der Waals surface area contributed by atoms with Crippen LogP contribution in [0, 0.1) is 0 Å². The number of nitrogens with one attached hydrogen (secondary N) is 1. The number of anilines is 2. The lowest BCUT2D eigenvalue weighted by atomic mass is 10.3. The van der Waals surface area contributed by atoms with Crippen molar-refractivity contribution in [3.05, 3.63) is 24.3 Å². The molecule has 2 N–H and O–H groups in total. The smallest absolute Gasteiger partial charge is 0.210 e. The van der Waals surface area contributed by atoms with Crippen molar-refractivity contribution in [2.24, 2.45) is 0 Å².